The second-order valence-corrected chi connectivity index (χ2v) is 9.57. The van der Waals surface area contributed by atoms with Gasteiger partial charge in [-0.1, -0.05) is 6.07 Å². The number of hydrogen-bond donors (Lipinski definition) is 2. The van der Waals surface area contributed by atoms with Crippen LogP contribution >= 0.6 is 0 Å². The van der Waals surface area contributed by atoms with Gasteiger partial charge in [-0.3, -0.25) is 9.59 Å². The van der Waals surface area contributed by atoms with E-state index < -0.39 is 28.8 Å². The Labute approximate surface area is 210 Å². The summed E-state index contributed by atoms with van der Waals surface area (Å²) in [5.74, 6) is -1.76. The lowest BCUT2D eigenvalue weighted by molar-refractivity contribution is 0.102. The zero-order valence-corrected chi connectivity index (χ0v) is 20.1. The van der Waals surface area contributed by atoms with Crippen LogP contribution in [0.25, 0.3) is 16.7 Å². The summed E-state index contributed by atoms with van der Waals surface area (Å²) in [7, 11) is 0. The standard InChI is InChI=1S/C26H25F2N7O2/c1-14-31-22-21(34(14)16-5-6-16)8-7-20(24(22)33-12-10-15(29)13-33)32-25(36)17-9-11-30-35(26(17)37)23-18(27)3-2-4-19(23)28/h2-4,7-9,11,15-16H,5-6,10,12-13,29H2,1H3,(H,32,36). The molecule has 2 aromatic carbocycles. The van der Waals surface area contributed by atoms with E-state index in [0.717, 1.165) is 60.1 Å². The van der Waals surface area contributed by atoms with Crippen LogP contribution in [0.4, 0.5) is 20.2 Å². The second-order valence-electron chi connectivity index (χ2n) is 9.57. The third-order valence-corrected chi connectivity index (χ3v) is 6.95. The largest absolute Gasteiger partial charge is 0.366 e. The number of halogens is 2. The molecule has 3 N–H and O–H groups in total. The molecule has 190 valence electrons. The third-order valence-electron chi connectivity index (χ3n) is 6.95. The monoisotopic (exact) mass is 505 g/mol. The summed E-state index contributed by atoms with van der Waals surface area (Å²) in [4.78, 5) is 33.4. The predicted molar refractivity (Wildman–Crippen MR) is 135 cm³/mol. The van der Waals surface area contributed by atoms with Crippen molar-refractivity contribution in [2.75, 3.05) is 23.3 Å². The third kappa shape index (κ3) is 3.95. The van der Waals surface area contributed by atoms with Gasteiger partial charge in [0.2, 0.25) is 0 Å². The molecule has 6 rings (SSSR count). The molecule has 1 saturated carbocycles. The Balaban J connectivity index is 1.42. The van der Waals surface area contributed by atoms with Crippen molar-refractivity contribution in [1.82, 2.24) is 19.3 Å². The number of fused-ring (bicyclic) bond motifs is 1. The summed E-state index contributed by atoms with van der Waals surface area (Å²) < 4.78 is 31.5. The molecule has 1 unspecified atom stereocenters. The molecule has 2 aromatic heterocycles. The van der Waals surface area contributed by atoms with Crippen LogP contribution in [-0.2, 0) is 0 Å². The average molecular weight is 506 g/mol. The first-order valence-corrected chi connectivity index (χ1v) is 12.2. The van der Waals surface area contributed by atoms with E-state index in [1.165, 1.54) is 12.1 Å². The fraction of sp³-hybridized carbons (Fsp3) is 0.308. The molecule has 1 aliphatic carbocycles. The van der Waals surface area contributed by atoms with E-state index in [0.29, 0.717) is 29.5 Å². The number of para-hydroxylation sites is 1. The molecule has 0 radical (unpaired) electrons. The topological polar surface area (TPSA) is 111 Å². The summed E-state index contributed by atoms with van der Waals surface area (Å²) in [5, 5.41) is 6.63. The normalized spacial score (nSPS) is 17.5. The number of imidazole rings is 1. The number of aryl methyl sites for hydroxylation is 1. The number of rotatable bonds is 5. The number of benzene rings is 2. The summed E-state index contributed by atoms with van der Waals surface area (Å²) in [5.41, 5.74) is 7.27. The number of hydrogen-bond acceptors (Lipinski definition) is 6. The highest BCUT2D eigenvalue weighted by atomic mass is 19.1. The van der Waals surface area contributed by atoms with E-state index in [2.05, 4.69) is 19.9 Å². The molecule has 1 saturated heterocycles. The van der Waals surface area contributed by atoms with Crippen molar-refractivity contribution in [2.24, 2.45) is 5.73 Å². The first kappa shape index (κ1) is 23.3. The van der Waals surface area contributed by atoms with E-state index in [1.54, 1.807) is 6.07 Å². The van der Waals surface area contributed by atoms with Crippen LogP contribution in [0.5, 0.6) is 0 Å². The molecule has 4 aromatic rings. The van der Waals surface area contributed by atoms with Crippen molar-refractivity contribution < 1.29 is 13.6 Å². The summed E-state index contributed by atoms with van der Waals surface area (Å²) >= 11 is 0. The smallest absolute Gasteiger partial charge is 0.284 e. The number of nitrogens with zero attached hydrogens (tertiary/aromatic N) is 5. The van der Waals surface area contributed by atoms with Crippen molar-refractivity contribution in [3.05, 3.63) is 76.0 Å². The van der Waals surface area contributed by atoms with Crippen LogP contribution < -0.4 is 21.5 Å². The van der Waals surface area contributed by atoms with Crippen molar-refractivity contribution in [2.45, 2.75) is 38.3 Å². The van der Waals surface area contributed by atoms with Gasteiger partial charge in [0.15, 0.2) is 11.6 Å². The van der Waals surface area contributed by atoms with Crippen molar-refractivity contribution in [1.29, 1.82) is 0 Å². The Morgan fingerprint density at radius 1 is 1.08 bits per heavy atom. The molecule has 0 bridgehead atoms. The molecule has 11 heteroatoms. The molecule has 1 atom stereocenters. The lowest BCUT2D eigenvalue weighted by Gasteiger charge is -2.23. The van der Waals surface area contributed by atoms with Gasteiger partial charge in [0.25, 0.3) is 11.5 Å². The van der Waals surface area contributed by atoms with Crippen LogP contribution in [0.2, 0.25) is 0 Å². The number of nitrogens with two attached hydrogens (primary N) is 1. The van der Waals surface area contributed by atoms with Crippen LogP contribution in [0.15, 0.2) is 47.4 Å². The summed E-state index contributed by atoms with van der Waals surface area (Å²) in [6, 6.07) is 8.58. The quantitative estimate of drug-likeness (QED) is 0.431. The summed E-state index contributed by atoms with van der Waals surface area (Å²) in [6.45, 7) is 3.27. The minimum Gasteiger partial charge on any atom is -0.366 e. The van der Waals surface area contributed by atoms with E-state index >= 15 is 0 Å². The number of amides is 1. The molecular formula is C26H25F2N7O2. The van der Waals surface area contributed by atoms with Gasteiger partial charge in [0.05, 0.1) is 16.9 Å². The first-order chi connectivity index (χ1) is 17.8. The maximum Gasteiger partial charge on any atom is 0.284 e. The van der Waals surface area contributed by atoms with Gasteiger partial charge in [0.1, 0.15) is 22.6 Å². The maximum atomic E-state index is 14.3. The number of nitrogens with one attached hydrogen (secondary N) is 1. The highest BCUT2D eigenvalue weighted by Gasteiger charge is 2.31. The van der Waals surface area contributed by atoms with Gasteiger partial charge in [-0.25, -0.2) is 13.8 Å². The fourth-order valence-electron chi connectivity index (χ4n) is 5.09. The zero-order valence-electron chi connectivity index (χ0n) is 20.1. The Morgan fingerprint density at radius 3 is 2.51 bits per heavy atom. The zero-order chi connectivity index (χ0) is 25.8. The average Bonchev–Trinajstić information content (AvgIpc) is 3.51. The highest BCUT2D eigenvalue weighted by Crippen LogP contribution is 2.42. The van der Waals surface area contributed by atoms with Gasteiger partial charge < -0.3 is 20.5 Å². The molecule has 3 heterocycles. The van der Waals surface area contributed by atoms with Gasteiger partial charge in [-0.05, 0) is 56.5 Å². The molecule has 2 aliphatic rings. The number of carbonyl (C=O) groups excluding carboxylic acids is 1. The summed E-state index contributed by atoms with van der Waals surface area (Å²) in [6.07, 6.45) is 4.17. The van der Waals surface area contributed by atoms with Crippen LogP contribution in [0.3, 0.4) is 0 Å². The molecule has 9 nitrogen and oxygen atoms in total. The van der Waals surface area contributed by atoms with Crippen LogP contribution in [0, 0.1) is 18.6 Å². The Bertz CT molecular complexity index is 1590. The minimum atomic E-state index is -0.966. The van der Waals surface area contributed by atoms with Gasteiger partial charge in [0, 0.05) is 31.4 Å². The van der Waals surface area contributed by atoms with Crippen LogP contribution in [-0.4, -0.2) is 44.4 Å². The van der Waals surface area contributed by atoms with Crippen molar-refractivity contribution in [3.8, 4) is 5.69 Å². The lowest BCUT2D eigenvalue weighted by Crippen LogP contribution is -2.31. The van der Waals surface area contributed by atoms with Gasteiger partial charge >= 0.3 is 0 Å². The fourth-order valence-corrected chi connectivity index (χ4v) is 5.09. The van der Waals surface area contributed by atoms with E-state index in [9.17, 15) is 18.4 Å². The van der Waals surface area contributed by atoms with Gasteiger partial charge in [-0.15, -0.1) is 0 Å². The second kappa shape index (κ2) is 8.77. The highest BCUT2D eigenvalue weighted by molar-refractivity contribution is 6.09. The number of aromatic nitrogens is 4. The number of carbonyl (C=O) groups is 1. The van der Waals surface area contributed by atoms with E-state index in [-0.39, 0.29) is 11.6 Å². The molecular weight excluding hydrogens is 480 g/mol. The first-order valence-electron chi connectivity index (χ1n) is 12.2. The molecule has 0 spiro atoms. The molecule has 2 fully saturated rings. The minimum absolute atomic E-state index is 0.00603. The lowest BCUT2D eigenvalue weighted by atomic mass is 10.2. The van der Waals surface area contributed by atoms with E-state index in [1.807, 2.05) is 13.0 Å². The van der Waals surface area contributed by atoms with Crippen LogP contribution in [0.1, 0.15) is 41.5 Å². The Morgan fingerprint density at radius 2 is 1.84 bits per heavy atom. The molecule has 37 heavy (non-hydrogen) atoms. The number of anilines is 2. The van der Waals surface area contributed by atoms with Crippen molar-refractivity contribution in [3.63, 3.8) is 0 Å². The SMILES string of the molecule is Cc1nc2c(N3CCC(N)C3)c(NC(=O)c3ccnn(-c4c(F)cccc4F)c3=O)ccc2n1C1CC1. The Hall–Kier alpha value is -4.12. The van der Waals surface area contributed by atoms with Crippen molar-refractivity contribution >= 4 is 28.3 Å². The maximum absolute atomic E-state index is 14.3. The molecule has 1 aliphatic heterocycles. The molecule has 1 amide bonds. The van der Waals surface area contributed by atoms with Gasteiger partial charge in [-0.2, -0.15) is 9.78 Å². The van der Waals surface area contributed by atoms with E-state index in [4.69, 9.17) is 10.7 Å². The Kier molecular flexibility index (Phi) is 5.52. The predicted octanol–water partition coefficient (Wildman–Crippen LogP) is 3.29.